The van der Waals surface area contributed by atoms with Gasteiger partial charge in [0, 0.05) is 21.7 Å². The van der Waals surface area contributed by atoms with Gasteiger partial charge in [0.15, 0.2) is 0 Å². The van der Waals surface area contributed by atoms with Crippen LogP contribution in [0.25, 0.3) is 0 Å². The van der Waals surface area contributed by atoms with E-state index in [1.807, 2.05) is 18.2 Å². The summed E-state index contributed by atoms with van der Waals surface area (Å²) in [7, 11) is 0. The van der Waals surface area contributed by atoms with E-state index in [1.54, 1.807) is 0 Å². The minimum Gasteiger partial charge on any atom is -0.324 e. The zero-order valence-corrected chi connectivity index (χ0v) is 11.2. The fourth-order valence-corrected chi connectivity index (χ4v) is 2.17. The van der Waals surface area contributed by atoms with Gasteiger partial charge in [-0.25, -0.2) is 0 Å². The Morgan fingerprint density at radius 2 is 1.67 bits per heavy atom. The molecular weight excluding hydrogens is 252 g/mol. The first-order valence-electron chi connectivity index (χ1n) is 4.72. The Kier molecular flexibility index (Phi) is 6.62. The summed E-state index contributed by atoms with van der Waals surface area (Å²) in [6.07, 6.45) is 0.892. The Morgan fingerprint density at radius 1 is 1.20 bits per heavy atom. The van der Waals surface area contributed by atoms with Gasteiger partial charge in [0.05, 0.1) is 0 Å². The molecule has 1 aromatic carbocycles. The molecule has 0 radical (unpaired) electrons. The minimum absolute atomic E-state index is 0. The van der Waals surface area contributed by atoms with Crippen molar-refractivity contribution in [2.45, 2.75) is 26.3 Å². The van der Waals surface area contributed by atoms with Gasteiger partial charge in [-0.3, -0.25) is 0 Å². The van der Waals surface area contributed by atoms with Gasteiger partial charge in [-0.1, -0.05) is 43.1 Å². The number of hydrogen-bond acceptors (Lipinski definition) is 1. The molecule has 86 valence electrons. The molecule has 0 amide bonds. The number of benzene rings is 1. The monoisotopic (exact) mass is 267 g/mol. The molecule has 1 aromatic rings. The third-order valence-electron chi connectivity index (χ3n) is 2.10. The minimum atomic E-state index is -0.0730. The topological polar surface area (TPSA) is 26.0 Å². The Balaban J connectivity index is 0.00000196. The van der Waals surface area contributed by atoms with Crippen molar-refractivity contribution in [1.29, 1.82) is 0 Å². The lowest BCUT2D eigenvalue weighted by Gasteiger charge is -2.17. The third-order valence-corrected chi connectivity index (χ3v) is 2.76. The van der Waals surface area contributed by atoms with Gasteiger partial charge in [0.2, 0.25) is 0 Å². The smallest absolute Gasteiger partial charge is 0.0468 e. The van der Waals surface area contributed by atoms with Crippen LogP contribution in [0.3, 0.4) is 0 Å². The van der Waals surface area contributed by atoms with Gasteiger partial charge in [-0.05, 0) is 24.5 Å². The van der Waals surface area contributed by atoms with Crippen molar-refractivity contribution < 1.29 is 0 Å². The molecular formula is C11H16Cl3N. The molecule has 0 aliphatic heterocycles. The summed E-state index contributed by atoms with van der Waals surface area (Å²) in [4.78, 5) is 0. The highest BCUT2D eigenvalue weighted by molar-refractivity contribution is 6.36. The van der Waals surface area contributed by atoms with Crippen LogP contribution >= 0.6 is 35.6 Å². The molecule has 0 saturated carbocycles. The van der Waals surface area contributed by atoms with Crippen LogP contribution in [0.5, 0.6) is 0 Å². The first-order chi connectivity index (χ1) is 6.52. The molecule has 0 heterocycles. The molecule has 2 N–H and O–H groups in total. The highest BCUT2D eigenvalue weighted by atomic mass is 35.5. The molecule has 0 saturated heterocycles. The predicted octanol–water partition coefficient (Wildman–Crippen LogP) is 4.46. The maximum absolute atomic E-state index is 6.04. The molecule has 0 aliphatic carbocycles. The molecule has 0 aromatic heterocycles. The Labute approximate surface area is 107 Å². The van der Waals surface area contributed by atoms with Crippen molar-refractivity contribution >= 4 is 35.6 Å². The van der Waals surface area contributed by atoms with Gasteiger partial charge in [0.25, 0.3) is 0 Å². The van der Waals surface area contributed by atoms with Crippen LogP contribution in [0.15, 0.2) is 18.2 Å². The van der Waals surface area contributed by atoms with Crippen LogP contribution in [0.1, 0.15) is 31.9 Å². The molecule has 1 nitrogen and oxygen atoms in total. The van der Waals surface area contributed by atoms with E-state index in [4.69, 9.17) is 28.9 Å². The number of rotatable bonds is 3. The molecule has 1 rings (SSSR count). The van der Waals surface area contributed by atoms with Crippen LogP contribution < -0.4 is 5.73 Å². The van der Waals surface area contributed by atoms with Crippen molar-refractivity contribution in [3.63, 3.8) is 0 Å². The molecule has 0 fully saturated rings. The molecule has 4 heteroatoms. The van der Waals surface area contributed by atoms with Gasteiger partial charge in [0.1, 0.15) is 0 Å². The normalized spacial score (nSPS) is 12.4. The van der Waals surface area contributed by atoms with E-state index >= 15 is 0 Å². The largest absolute Gasteiger partial charge is 0.324 e. The SMILES string of the molecule is CC(C)C[C@H](N)c1c(Cl)cccc1Cl.Cl. The highest BCUT2D eigenvalue weighted by Gasteiger charge is 2.14. The summed E-state index contributed by atoms with van der Waals surface area (Å²) in [6, 6.07) is 5.40. The summed E-state index contributed by atoms with van der Waals surface area (Å²) in [6.45, 7) is 4.26. The quantitative estimate of drug-likeness (QED) is 0.860. The highest BCUT2D eigenvalue weighted by Crippen LogP contribution is 2.31. The van der Waals surface area contributed by atoms with E-state index < -0.39 is 0 Å². The van der Waals surface area contributed by atoms with E-state index in [9.17, 15) is 0 Å². The second-order valence-electron chi connectivity index (χ2n) is 3.87. The van der Waals surface area contributed by atoms with Crippen molar-refractivity contribution in [1.82, 2.24) is 0 Å². The summed E-state index contributed by atoms with van der Waals surface area (Å²) >= 11 is 12.1. The Bertz CT molecular complexity index is 292. The van der Waals surface area contributed by atoms with Crippen molar-refractivity contribution in [3.8, 4) is 0 Å². The van der Waals surface area contributed by atoms with E-state index in [1.165, 1.54) is 0 Å². The zero-order valence-electron chi connectivity index (χ0n) is 8.84. The predicted molar refractivity (Wildman–Crippen MR) is 70.1 cm³/mol. The molecule has 0 bridgehead atoms. The van der Waals surface area contributed by atoms with Crippen LogP contribution in [-0.2, 0) is 0 Å². The second-order valence-corrected chi connectivity index (χ2v) is 4.69. The van der Waals surface area contributed by atoms with E-state index in [2.05, 4.69) is 13.8 Å². The Hall–Kier alpha value is 0.0500. The lowest BCUT2D eigenvalue weighted by atomic mass is 9.98. The van der Waals surface area contributed by atoms with Crippen LogP contribution in [0, 0.1) is 5.92 Å². The van der Waals surface area contributed by atoms with Gasteiger partial charge in [-0.15, -0.1) is 12.4 Å². The average molecular weight is 269 g/mol. The van der Waals surface area contributed by atoms with Gasteiger partial charge in [-0.2, -0.15) is 0 Å². The number of nitrogens with two attached hydrogens (primary N) is 1. The standard InChI is InChI=1S/C11H15Cl2N.ClH/c1-7(2)6-10(14)11-8(12)4-3-5-9(11)13;/h3-5,7,10H,6,14H2,1-2H3;1H/t10-;/m0./s1. The van der Waals surface area contributed by atoms with Crippen molar-refractivity contribution in [3.05, 3.63) is 33.8 Å². The third kappa shape index (κ3) is 4.20. The van der Waals surface area contributed by atoms with Crippen molar-refractivity contribution in [2.75, 3.05) is 0 Å². The summed E-state index contributed by atoms with van der Waals surface area (Å²) in [5.41, 5.74) is 6.89. The van der Waals surface area contributed by atoms with E-state index in [0.717, 1.165) is 12.0 Å². The van der Waals surface area contributed by atoms with Crippen molar-refractivity contribution in [2.24, 2.45) is 11.7 Å². The van der Waals surface area contributed by atoms with Gasteiger partial charge < -0.3 is 5.73 Å². The zero-order chi connectivity index (χ0) is 10.7. The summed E-state index contributed by atoms with van der Waals surface area (Å²) < 4.78 is 0. The average Bonchev–Trinajstić information content (AvgIpc) is 2.01. The first-order valence-corrected chi connectivity index (χ1v) is 5.47. The molecule has 0 aliphatic rings. The maximum Gasteiger partial charge on any atom is 0.0468 e. The van der Waals surface area contributed by atoms with Crippen LogP contribution in [0.2, 0.25) is 10.0 Å². The molecule has 1 atom stereocenters. The fourth-order valence-electron chi connectivity index (χ4n) is 1.49. The number of hydrogen-bond donors (Lipinski definition) is 1. The summed E-state index contributed by atoms with van der Waals surface area (Å²) in [5.74, 6) is 0.539. The second kappa shape index (κ2) is 6.59. The maximum atomic E-state index is 6.04. The molecule has 0 unspecified atom stereocenters. The summed E-state index contributed by atoms with van der Waals surface area (Å²) in [5, 5.41) is 1.32. The van der Waals surface area contributed by atoms with Gasteiger partial charge >= 0.3 is 0 Å². The molecule has 15 heavy (non-hydrogen) atoms. The lowest BCUT2D eigenvalue weighted by molar-refractivity contribution is 0.510. The van der Waals surface area contributed by atoms with Crippen LogP contribution in [0.4, 0.5) is 0 Å². The van der Waals surface area contributed by atoms with Crippen LogP contribution in [-0.4, -0.2) is 0 Å². The number of halogens is 3. The van der Waals surface area contributed by atoms with E-state index in [-0.39, 0.29) is 18.4 Å². The Morgan fingerprint density at radius 3 is 2.07 bits per heavy atom. The lowest BCUT2D eigenvalue weighted by Crippen LogP contribution is -2.13. The van der Waals surface area contributed by atoms with E-state index in [0.29, 0.717) is 16.0 Å². The fraction of sp³-hybridized carbons (Fsp3) is 0.455. The first kappa shape index (κ1) is 15.0. The molecule has 0 spiro atoms.